The lowest BCUT2D eigenvalue weighted by Crippen LogP contribution is -2.59. The molecule has 1 N–H and O–H groups in total. The topological polar surface area (TPSA) is 32.3 Å². The number of carbonyl (C=O) groups is 1. The zero-order valence-electron chi connectivity index (χ0n) is 9.55. The van der Waals surface area contributed by atoms with Crippen molar-refractivity contribution in [3.63, 3.8) is 0 Å². The molecule has 1 aliphatic rings. The number of amides is 1. The van der Waals surface area contributed by atoms with Crippen molar-refractivity contribution in [3.05, 3.63) is 11.6 Å². The Morgan fingerprint density at radius 3 is 2.57 bits per heavy atom. The van der Waals surface area contributed by atoms with E-state index in [9.17, 15) is 4.79 Å². The van der Waals surface area contributed by atoms with Crippen LogP contribution in [0, 0.1) is 0 Å². The number of rotatable bonds is 1. The summed E-state index contributed by atoms with van der Waals surface area (Å²) in [4.78, 5) is 13.8. The molecule has 0 aromatic heterocycles. The Morgan fingerprint density at radius 2 is 2.07 bits per heavy atom. The van der Waals surface area contributed by atoms with Gasteiger partial charge in [-0.25, -0.2) is 0 Å². The average Bonchev–Trinajstić information content (AvgIpc) is 2.01. The average molecular weight is 196 g/mol. The summed E-state index contributed by atoms with van der Waals surface area (Å²) in [6, 6.07) is 0. The maximum absolute atomic E-state index is 11.8. The standard InChI is InChI=1S/C11H20N2O/c1-9(2)7-10(14)13-6-5-12-8-11(13,3)4/h7,12H,5-6,8H2,1-4H3. The van der Waals surface area contributed by atoms with Gasteiger partial charge in [0.1, 0.15) is 0 Å². The van der Waals surface area contributed by atoms with Gasteiger partial charge in [0.25, 0.3) is 0 Å². The van der Waals surface area contributed by atoms with Crippen LogP contribution < -0.4 is 5.32 Å². The van der Waals surface area contributed by atoms with Crippen LogP contribution in [0.4, 0.5) is 0 Å². The lowest BCUT2D eigenvalue weighted by molar-refractivity contribution is -0.132. The fourth-order valence-electron chi connectivity index (χ4n) is 1.72. The molecule has 0 bridgehead atoms. The summed E-state index contributed by atoms with van der Waals surface area (Å²) in [5.74, 6) is 0.136. The van der Waals surface area contributed by atoms with Crippen LogP contribution in [0.5, 0.6) is 0 Å². The van der Waals surface area contributed by atoms with E-state index in [4.69, 9.17) is 0 Å². The van der Waals surface area contributed by atoms with E-state index in [-0.39, 0.29) is 11.4 Å². The number of carbonyl (C=O) groups excluding carboxylic acids is 1. The SMILES string of the molecule is CC(C)=CC(=O)N1CCNCC1(C)C. The quantitative estimate of drug-likeness (QED) is 0.638. The predicted molar refractivity (Wildman–Crippen MR) is 58.1 cm³/mol. The number of nitrogens with zero attached hydrogens (tertiary/aromatic N) is 1. The maximum Gasteiger partial charge on any atom is 0.247 e. The van der Waals surface area contributed by atoms with E-state index in [1.807, 2.05) is 18.7 Å². The van der Waals surface area contributed by atoms with Gasteiger partial charge in [0.15, 0.2) is 0 Å². The number of hydrogen-bond donors (Lipinski definition) is 1. The highest BCUT2D eigenvalue weighted by Crippen LogP contribution is 2.16. The second kappa shape index (κ2) is 4.13. The second-order valence-corrected chi connectivity index (χ2v) is 4.70. The van der Waals surface area contributed by atoms with Crippen LogP contribution in [0.3, 0.4) is 0 Å². The Bertz CT molecular complexity index is 252. The van der Waals surface area contributed by atoms with E-state index in [0.29, 0.717) is 0 Å². The van der Waals surface area contributed by atoms with Crippen LogP contribution in [0.15, 0.2) is 11.6 Å². The summed E-state index contributed by atoms with van der Waals surface area (Å²) in [5.41, 5.74) is 0.991. The van der Waals surface area contributed by atoms with Gasteiger partial charge in [-0.05, 0) is 27.7 Å². The monoisotopic (exact) mass is 196 g/mol. The summed E-state index contributed by atoms with van der Waals surface area (Å²) < 4.78 is 0. The van der Waals surface area contributed by atoms with Gasteiger partial charge in [-0.1, -0.05) is 5.57 Å². The van der Waals surface area contributed by atoms with Crippen molar-refractivity contribution < 1.29 is 4.79 Å². The second-order valence-electron chi connectivity index (χ2n) is 4.70. The van der Waals surface area contributed by atoms with Crippen LogP contribution in [0.1, 0.15) is 27.7 Å². The van der Waals surface area contributed by atoms with Crippen molar-refractivity contribution in [1.82, 2.24) is 10.2 Å². The maximum atomic E-state index is 11.8. The van der Waals surface area contributed by atoms with Crippen molar-refractivity contribution in [3.8, 4) is 0 Å². The zero-order chi connectivity index (χ0) is 10.8. The smallest absolute Gasteiger partial charge is 0.247 e. The fourth-order valence-corrected chi connectivity index (χ4v) is 1.72. The molecular formula is C11H20N2O. The van der Waals surface area contributed by atoms with Crippen LogP contribution >= 0.6 is 0 Å². The molecule has 1 heterocycles. The molecule has 3 nitrogen and oxygen atoms in total. The summed E-state index contributed by atoms with van der Waals surface area (Å²) in [6.07, 6.45) is 1.72. The van der Waals surface area contributed by atoms with Crippen molar-refractivity contribution in [2.75, 3.05) is 19.6 Å². The fraction of sp³-hybridized carbons (Fsp3) is 0.727. The van der Waals surface area contributed by atoms with Crippen LogP contribution in [0.25, 0.3) is 0 Å². The van der Waals surface area contributed by atoms with Gasteiger partial charge in [-0.15, -0.1) is 0 Å². The van der Waals surface area contributed by atoms with Gasteiger partial charge < -0.3 is 10.2 Å². The normalized spacial score (nSPS) is 20.4. The lowest BCUT2D eigenvalue weighted by atomic mass is 10.00. The third kappa shape index (κ3) is 2.58. The highest BCUT2D eigenvalue weighted by Gasteiger charge is 2.31. The first-order chi connectivity index (χ1) is 6.43. The molecule has 1 rings (SSSR count). The molecular weight excluding hydrogens is 176 g/mol. The number of hydrogen-bond acceptors (Lipinski definition) is 2. The molecule has 0 saturated carbocycles. The van der Waals surface area contributed by atoms with Crippen LogP contribution in [0.2, 0.25) is 0 Å². The van der Waals surface area contributed by atoms with E-state index in [1.165, 1.54) is 0 Å². The predicted octanol–water partition coefficient (Wildman–Crippen LogP) is 1.16. The minimum Gasteiger partial charge on any atom is -0.331 e. The minimum atomic E-state index is -0.0682. The lowest BCUT2D eigenvalue weighted by Gasteiger charge is -2.42. The van der Waals surface area contributed by atoms with E-state index in [0.717, 1.165) is 25.2 Å². The molecule has 1 saturated heterocycles. The molecule has 0 aromatic carbocycles. The van der Waals surface area contributed by atoms with Gasteiger partial charge in [0, 0.05) is 25.7 Å². The summed E-state index contributed by atoms with van der Waals surface area (Å²) in [6.45, 7) is 10.7. The van der Waals surface area contributed by atoms with Gasteiger partial charge in [-0.3, -0.25) is 4.79 Å². The number of nitrogens with one attached hydrogen (secondary N) is 1. The van der Waals surface area contributed by atoms with Gasteiger partial charge in [-0.2, -0.15) is 0 Å². The molecule has 1 amide bonds. The van der Waals surface area contributed by atoms with Gasteiger partial charge in [0.2, 0.25) is 5.91 Å². The minimum absolute atomic E-state index is 0.0682. The number of piperazine rings is 1. The van der Waals surface area contributed by atoms with Gasteiger partial charge >= 0.3 is 0 Å². The number of allylic oxidation sites excluding steroid dienone is 1. The molecule has 3 heteroatoms. The molecule has 0 atom stereocenters. The van der Waals surface area contributed by atoms with Crippen LogP contribution in [-0.2, 0) is 4.79 Å². The highest BCUT2D eigenvalue weighted by atomic mass is 16.2. The van der Waals surface area contributed by atoms with Crippen molar-refractivity contribution in [2.45, 2.75) is 33.2 Å². The van der Waals surface area contributed by atoms with E-state index >= 15 is 0 Å². The molecule has 1 fully saturated rings. The molecule has 80 valence electrons. The van der Waals surface area contributed by atoms with E-state index in [1.54, 1.807) is 6.08 Å². The van der Waals surface area contributed by atoms with Crippen molar-refractivity contribution in [2.24, 2.45) is 0 Å². The van der Waals surface area contributed by atoms with Gasteiger partial charge in [0.05, 0.1) is 5.54 Å². The molecule has 0 spiro atoms. The van der Waals surface area contributed by atoms with E-state index < -0.39 is 0 Å². The first-order valence-corrected chi connectivity index (χ1v) is 5.11. The third-order valence-electron chi connectivity index (χ3n) is 2.48. The van der Waals surface area contributed by atoms with Crippen LogP contribution in [-0.4, -0.2) is 36.0 Å². The Balaban J connectivity index is 2.75. The summed E-state index contributed by atoms with van der Waals surface area (Å²) >= 11 is 0. The summed E-state index contributed by atoms with van der Waals surface area (Å²) in [7, 11) is 0. The molecule has 0 aromatic rings. The Kier molecular flexibility index (Phi) is 3.32. The first-order valence-electron chi connectivity index (χ1n) is 5.11. The molecule has 0 radical (unpaired) electrons. The van der Waals surface area contributed by atoms with Crippen molar-refractivity contribution >= 4 is 5.91 Å². The Hall–Kier alpha value is -0.830. The molecule has 0 aliphatic carbocycles. The summed E-state index contributed by atoms with van der Waals surface area (Å²) in [5, 5.41) is 3.30. The molecule has 14 heavy (non-hydrogen) atoms. The molecule has 1 aliphatic heterocycles. The zero-order valence-corrected chi connectivity index (χ0v) is 9.55. The highest BCUT2D eigenvalue weighted by molar-refractivity contribution is 5.88. The Labute approximate surface area is 86.2 Å². The largest absolute Gasteiger partial charge is 0.331 e. The molecule has 0 unspecified atom stereocenters. The van der Waals surface area contributed by atoms with Crippen molar-refractivity contribution in [1.29, 1.82) is 0 Å². The Morgan fingerprint density at radius 1 is 1.43 bits per heavy atom. The first kappa shape index (κ1) is 11.2. The van der Waals surface area contributed by atoms with E-state index in [2.05, 4.69) is 19.2 Å². The third-order valence-corrected chi connectivity index (χ3v) is 2.48.